The van der Waals surface area contributed by atoms with Crippen molar-refractivity contribution in [2.24, 2.45) is 5.41 Å². The lowest BCUT2D eigenvalue weighted by atomic mass is 9.94. The van der Waals surface area contributed by atoms with Gasteiger partial charge in [-0.05, 0) is 12.1 Å². The van der Waals surface area contributed by atoms with Crippen molar-refractivity contribution in [3.8, 4) is 0 Å². The number of piperazine rings is 1. The number of amides is 1. The van der Waals surface area contributed by atoms with E-state index in [0.29, 0.717) is 0 Å². The molecule has 0 spiro atoms. The fourth-order valence-electron chi connectivity index (χ4n) is 2.33. The van der Waals surface area contributed by atoms with Gasteiger partial charge in [-0.3, -0.25) is 4.79 Å². The van der Waals surface area contributed by atoms with Gasteiger partial charge in [0.15, 0.2) is 0 Å². The molecule has 20 heavy (non-hydrogen) atoms. The van der Waals surface area contributed by atoms with Gasteiger partial charge in [0.1, 0.15) is 5.82 Å². The first-order chi connectivity index (χ1) is 9.41. The Morgan fingerprint density at radius 3 is 2.30 bits per heavy atom. The lowest BCUT2D eigenvalue weighted by Gasteiger charge is -2.38. The molecule has 1 N–H and O–H groups in total. The minimum Gasteiger partial charge on any atom is -0.387 e. The molecule has 0 aliphatic carbocycles. The van der Waals surface area contributed by atoms with Crippen LogP contribution in [-0.2, 0) is 4.79 Å². The monoisotopic (exact) mass is 276 g/mol. The first-order valence-corrected chi connectivity index (χ1v) is 7.10. The number of pyridine rings is 1. The molecule has 0 bridgehead atoms. The van der Waals surface area contributed by atoms with Gasteiger partial charge in [-0.2, -0.15) is 0 Å². The zero-order valence-corrected chi connectivity index (χ0v) is 12.8. The first kappa shape index (κ1) is 14.6. The third-order valence-corrected chi connectivity index (χ3v) is 3.57. The third kappa shape index (κ3) is 3.21. The van der Waals surface area contributed by atoms with E-state index in [2.05, 4.69) is 15.2 Å². The summed E-state index contributed by atoms with van der Waals surface area (Å²) in [5.74, 6) is 1.21. The summed E-state index contributed by atoms with van der Waals surface area (Å²) in [4.78, 5) is 20.9. The van der Waals surface area contributed by atoms with Crippen molar-refractivity contribution in [3.05, 3.63) is 18.3 Å². The van der Waals surface area contributed by atoms with E-state index in [1.54, 1.807) is 0 Å². The summed E-state index contributed by atoms with van der Waals surface area (Å²) in [5, 5.41) is 3.06. The Bertz CT molecular complexity index is 456. The van der Waals surface area contributed by atoms with Crippen LogP contribution in [0.3, 0.4) is 0 Å². The number of rotatable bonds is 2. The highest BCUT2D eigenvalue weighted by Gasteiger charge is 2.29. The zero-order chi connectivity index (χ0) is 14.8. The Kier molecular flexibility index (Phi) is 4.16. The maximum absolute atomic E-state index is 12.2. The summed E-state index contributed by atoms with van der Waals surface area (Å²) < 4.78 is 0. The van der Waals surface area contributed by atoms with Crippen LogP contribution in [-0.4, -0.2) is 49.0 Å². The largest absolute Gasteiger partial charge is 0.387 e. The summed E-state index contributed by atoms with van der Waals surface area (Å²) in [6.07, 6.45) is 1.84. The van der Waals surface area contributed by atoms with E-state index >= 15 is 0 Å². The Hall–Kier alpha value is -1.78. The molecule has 2 heterocycles. The quantitative estimate of drug-likeness (QED) is 0.895. The van der Waals surface area contributed by atoms with E-state index in [1.165, 1.54) is 0 Å². The summed E-state index contributed by atoms with van der Waals surface area (Å²) >= 11 is 0. The van der Waals surface area contributed by atoms with Crippen molar-refractivity contribution >= 4 is 17.4 Å². The Morgan fingerprint density at radius 1 is 1.20 bits per heavy atom. The maximum Gasteiger partial charge on any atom is 0.228 e. The number of carbonyl (C=O) groups is 1. The topological polar surface area (TPSA) is 48.5 Å². The zero-order valence-electron chi connectivity index (χ0n) is 12.8. The number of carbonyl (C=O) groups excluding carboxylic acids is 1. The normalized spacial score (nSPS) is 16.2. The van der Waals surface area contributed by atoms with Crippen LogP contribution in [0.15, 0.2) is 18.3 Å². The van der Waals surface area contributed by atoms with E-state index in [0.717, 1.165) is 37.7 Å². The van der Waals surface area contributed by atoms with Crippen LogP contribution in [0, 0.1) is 5.41 Å². The molecule has 1 aliphatic rings. The van der Waals surface area contributed by atoms with Crippen LogP contribution in [0.5, 0.6) is 0 Å². The fraction of sp³-hybridized carbons (Fsp3) is 0.600. The van der Waals surface area contributed by atoms with Crippen molar-refractivity contribution in [1.29, 1.82) is 0 Å². The Labute approximate surface area is 121 Å². The second-order valence-electron chi connectivity index (χ2n) is 6.18. The van der Waals surface area contributed by atoms with Crippen LogP contribution in [0.4, 0.5) is 11.5 Å². The number of aromatic nitrogens is 1. The number of anilines is 2. The molecule has 5 nitrogen and oxygen atoms in total. The Morgan fingerprint density at radius 2 is 1.85 bits per heavy atom. The average molecular weight is 276 g/mol. The van der Waals surface area contributed by atoms with Crippen molar-refractivity contribution in [2.75, 3.05) is 43.4 Å². The summed E-state index contributed by atoms with van der Waals surface area (Å²) in [6.45, 7) is 9.14. The minimum atomic E-state index is -0.297. The lowest BCUT2D eigenvalue weighted by molar-refractivity contribution is -0.139. The molecule has 1 amide bonds. The molecule has 1 aliphatic heterocycles. The van der Waals surface area contributed by atoms with Gasteiger partial charge in [0, 0.05) is 38.6 Å². The van der Waals surface area contributed by atoms with Gasteiger partial charge in [0.25, 0.3) is 0 Å². The van der Waals surface area contributed by atoms with E-state index in [1.807, 2.05) is 51.0 Å². The second-order valence-corrected chi connectivity index (χ2v) is 6.18. The van der Waals surface area contributed by atoms with Crippen LogP contribution in [0.1, 0.15) is 20.8 Å². The highest BCUT2D eigenvalue weighted by atomic mass is 16.2. The van der Waals surface area contributed by atoms with Gasteiger partial charge in [-0.15, -0.1) is 0 Å². The highest BCUT2D eigenvalue weighted by Crippen LogP contribution is 2.20. The third-order valence-electron chi connectivity index (χ3n) is 3.57. The van der Waals surface area contributed by atoms with Crippen molar-refractivity contribution in [2.45, 2.75) is 20.8 Å². The van der Waals surface area contributed by atoms with Crippen molar-refractivity contribution in [1.82, 2.24) is 9.88 Å². The molecule has 1 saturated heterocycles. The molecule has 2 rings (SSSR count). The summed E-state index contributed by atoms with van der Waals surface area (Å²) in [7, 11) is 1.88. The summed E-state index contributed by atoms with van der Waals surface area (Å²) in [6, 6.07) is 4.04. The fourth-order valence-corrected chi connectivity index (χ4v) is 2.33. The van der Waals surface area contributed by atoms with Gasteiger partial charge >= 0.3 is 0 Å². The van der Waals surface area contributed by atoms with Gasteiger partial charge in [-0.1, -0.05) is 20.8 Å². The Balaban J connectivity index is 1.95. The smallest absolute Gasteiger partial charge is 0.228 e. The van der Waals surface area contributed by atoms with Gasteiger partial charge in [0.05, 0.1) is 11.9 Å². The molecule has 1 aromatic heterocycles. The molecule has 0 atom stereocenters. The van der Waals surface area contributed by atoms with Crippen LogP contribution < -0.4 is 10.2 Å². The van der Waals surface area contributed by atoms with Crippen LogP contribution in [0.25, 0.3) is 0 Å². The van der Waals surface area contributed by atoms with Crippen LogP contribution >= 0.6 is 0 Å². The molecule has 0 radical (unpaired) electrons. The number of hydrogen-bond donors (Lipinski definition) is 1. The molecule has 0 unspecified atom stereocenters. The lowest BCUT2D eigenvalue weighted by Crippen LogP contribution is -2.51. The maximum atomic E-state index is 12.2. The van der Waals surface area contributed by atoms with E-state index in [4.69, 9.17) is 0 Å². The molecule has 1 fully saturated rings. The van der Waals surface area contributed by atoms with E-state index in [9.17, 15) is 4.79 Å². The van der Waals surface area contributed by atoms with Gasteiger partial charge in [0.2, 0.25) is 5.91 Å². The van der Waals surface area contributed by atoms with Crippen LogP contribution in [0.2, 0.25) is 0 Å². The molecule has 5 heteroatoms. The second kappa shape index (κ2) is 5.69. The van der Waals surface area contributed by atoms with E-state index in [-0.39, 0.29) is 11.3 Å². The predicted octanol–water partition coefficient (Wildman–Crippen LogP) is 1.82. The molecular weight excluding hydrogens is 252 g/mol. The van der Waals surface area contributed by atoms with Crippen molar-refractivity contribution < 1.29 is 4.79 Å². The SMILES string of the molecule is CNc1ccc(N2CCN(C(=O)C(C)(C)C)CC2)nc1. The molecule has 110 valence electrons. The standard InChI is InChI=1S/C15H24N4O/c1-15(2,3)14(20)19-9-7-18(8-10-19)13-6-5-12(16-4)11-17-13/h5-6,11,16H,7-10H2,1-4H3. The first-order valence-electron chi connectivity index (χ1n) is 7.10. The van der Waals surface area contributed by atoms with Crippen molar-refractivity contribution in [3.63, 3.8) is 0 Å². The number of nitrogens with one attached hydrogen (secondary N) is 1. The minimum absolute atomic E-state index is 0.232. The van der Waals surface area contributed by atoms with E-state index < -0.39 is 0 Å². The summed E-state index contributed by atoms with van der Waals surface area (Å²) in [5.41, 5.74) is 0.713. The van der Waals surface area contributed by atoms with Gasteiger partial charge in [-0.25, -0.2) is 4.98 Å². The molecule has 0 aromatic carbocycles. The molecule has 1 aromatic rings. The number of hydrogen-bond acceptors (Lipinski definition) is 4. The number of nitrogens with zero attached hydrogens (tertiary/aromatic N) is 3. The highest BCUT2D eigenvalue weighted by molar-refractivity contribution is 5.81. The molecular formula is C15H24N4O. The predicted molar refractivity (Wildman–Crippen MR) is 82.0 cm³/mol. The average Bonchev–Trinajstić information content (AvgIpc) is 2.46. The molecule has 0 saturated carbocycles. The van der Waals surface area contributed by atoms with Gasteiger partial charge < -0.3 is 15.1 Å².